The van der Waals surface area contributed by atoms with Crippen molar-refractivity contribution in [3.8, 4) is 0 Å². The van der Waals surface area contributed by atoms with E-state index < -0.39 is 0 Å². The molecule has 2 N–H and O–H groups in total. The van der Waals surface area contributed by atoms with Crippen molar-refractivity contribution < 1.29 is 4.74 Å². The molecule has 1 aromatic rings. The molecule has 2 heterocycles. The van der Waals surface area contributed by atoms with Gasteiger partial charge in [-0.1, -0.05) is 20.1 Å². The molecule has 0 saturated carbocycles. The van der Waals surface area contributed by atoms with Crippen LogP contribution in [-0.2, 0) is 4.74 Å². The van der Waals surface area contributed by atoms with E-state index in [9.17, 15) is 0 Å². The van der Waals surface area contributed by atoms with Crippen molar-refractivity contribution in [2.24, 2.45) is 0 Å². The molecule has 1 aliphatic rings. The number of hydrogen-bond acceptors (Lipinski definition) is 4. The first-order valence-corrected chi connectivity index (χ1v) is 3.11. The van der Waals surface area contributed by atoms with Gasteiger partial charge in [0.1, 0.15) is 6.04 Å². The zero-order valence-electron chi connectivity index (χ0n) is 5.40. The van der Waals surface area contributed by atoms with Crippen LogP contribution < -0.4 is 5.73 Å². The highest BCUT2D eigenvalue weighted by Gasteiger charge is 2.20. The summed E-state index contributed by atoms with van der Waals surface area (Å²) in [6.07, 6.45) is 1.72. The van der Waals surface area contributed by atoms with Gasteiger partial charge in [0.2, 0.25) is 0 Å². The lowest BCUT2D eigenvalue weighted by atomic mass is 10.3. The van der Waals surface area contributed by atoms with Gasteiger partial charge in [0, 0.05) is 0 Å². The molecule has 0 aromatic carbocycles. The first kappa shape index (κ1) is 10.9. The number of aromatic nitrogens is 3. The fraction of sp³-hybridized carbons (Fsp3) is 0.714. The summed E-state index contributed by atoms with van der Waals surface area (Å²) < 4.78 is 6.70. The van der Waals surface area contributed by atoms with Crippen LogP contribution in [0.2, 0.25) is 0 Å². The third-order valence-corrected chi connectivity index (χ3v) is 1.52. The average Bonchev–Trinajstić information content (AvgIpc) is 2.10. The van der Waals surface area contributed by atoms with E-state index in [4.69, 9.17) is 10.5 Å². The highest BCUT2D eigenvalue weighted by atomic mass is 16.5. The molecule has 1 saturated heterocycles. The summed E-state index contributed by atoms with van der Waals surface area (Å²) in [5, 5.41) is 7.45. The normalized spacial score (nSPS) is 15.7. The fourth-order valence-corrected chi connectivity index (χ4v) is 0.845. The second-order valence-corrected chi connectivity index (χ2v) is 2.31. The third kappa shape index (κ3) is 1.73. The predicted octanol–water partition coefficient (Wildman–Crippen LogP) is 0.704. The van der Waals surface area contributed by atoms with Gasteiger partial charge >= 0.3 is 0 Å². The quantitative estimate of drug-likeness (QED) is 0.677. The number of rotatable bonds is 1. The first-order chi connectivity index (χ1) is 4.86. The van der Waals surface area contributed by atoms with Crippen molar-refractivity contribution in [3.63, 3.8) is 0 Å². The maximum atomic E-state index is 5.36. The van der Waals surface area contributed by atoms with Gasteiger partial charge in [0.25, 0.3) is 0 Å². The van der Waals surface area contributed by atoms with Crippen LogP contribution >= 0.6 is 0 Å². The Bertz CT molecular complexity index is 231. The van der Waals surface area contributed by atoms with Crippen LogP contribution in [0.4, 0.5) is 5.82 Å². The van der Waals surface area contributed by atoms with Crippen molar-refractivity contribution >= 4 is 5.82 Å². The van der Waals surface area contributed by atoms with Gasteiger partial charge in [-0.3, -0.25) is 0 Å². The minimum absolute atomic E-state index is 0. The molecule has 0 aliphatic carbocycles. The molecule has 1 aromatic heterocycles. The van der Waals surface area contributed by atoms with E-state index in [-0.39, 0.29) is 14.9 Å². The standard InChI is InChI=1S/C5H8N4O.2CH4/c6-5-1-9(8-7-5)4-2-10-3-4;;/h1,4H,2-3,6H2;2*1H4. The van der Waals surface area contributed by atoms with Crippen molar-refractivity contribution in [2.45, 2.75) is 20.9 Å². The minimum atomic E-state index is 0. The molecule has 5 heteroatoms. The molecule has 0 bridgehead atoms. The van der Waals surface area contributed by atoms with Crippen LogP contribution in [0.3, 0.4) is 0 Å². The van der Waals surface area contributed by atoms with Crippen LogP contribution in [0.5, 0.6) is 0 Å². The van der Waals surface area contributed by atoms with E-state index >= 15 is 0 Å². The molecule has 0 unspecified atom stereocenters. The number of ether oxygens (including phenoxy) is 1. The maximum Gasteiger partial charge on any atom is 0.165 e. The Kier molecular flexibility index (Phi) is 3.69. The van der Waals surface area contributed by atoms with Crippen molar-refractivity contribution in [1.82, 2.24) is 15.0 Å². The van der Waals surface area contributed by atoms with Gasteiger partial charge in [-0.25, -0.2) is 4.68 Å². The van der Waals surface area contributed by atoms with Gasteiger partial charge in [-0.05, 0) is 0 Å². The largest absolute Gasteiger partial charge is 0.381 e. The van der Waals surface area contributed by atoms with E-state index in [1.54, 1.807) is 10.9 Å². The zero-order chi connectivity index (χ0) is 6.97. The van der Waals surface area contributed by atoms with Gasteiger partial charge in [0.15, 0.2) is 5.82 Å². The van der Waals surface area contributed by atoms with Crippen LogP contribution in [0, 0.1) is 0 Å². The molecule has 0 amide bonds. The summed E-state index contributed by atoms with van der Waals surface area (Å²) in [5.74, 6) is 0.465. The molecule has 70 valence electrons. The highest BCUT2D eigenvalue weighted by molar-refractivity contribution is 5.20. The Morgan fingerprint density at radius 1 is 1.50 bits per heavy atom. The van der Waals surface area contributed by atoms with Gasteiger partial charge in [-0.15, -0.1) is 5.10 Å². The second kappa shape index (κ2) is 4.06. The predicted molar refractivity (Wildman–Crippen MR) is 47.8 cm³/mol. The summed E-state index contributed by atoms with van der Waals surface area (Å²) >= 11 is 0. The van der Waals surface area contributed by atoms with Gasteiger partial charge < -0.3 is 10.5 Å². The van der Waals surface area contributed by atoms with E-state index in [0.717, 1.165) is 13.2 Å². The van der Waals surface area contributed by atoms with Crippen molar-refractivity contribution in [1.29, 1.82) is 0 Å². The first-order valence-electron chi connectivity index (χ1n) is 3.11. The zero-order valence-corrected chi connectivity index (χ0v) is 5.40. The second-order valence-electron chi connectivity index (χ2n) is 2.31. The number of nitrogens with two attached hydrogens (primary N) is 1. The Hall–Kier alpha value is -1.10. The average molecular weight is 172 g/mol. The van der Waals surface area contributed by atoms with Crippen LogP contribution in [0.1, 0.15) is 20.9 Å². The lowest BCUT2D eigenvalue weighted by molar-refractivity contribution is -0.0293. The summed E-state index contributed by atoms with van der Waals surface area (Å²) in [4.78, 5) is 0. The van der Waals surface area contributed by atoms with Gasteiger partial charge in [-0.2, -0.15) is 0 Å². The summed E-state index contributed by atoms with van der Waals surface area (Å²) in [5.41, 5.74) is 5.36. The van der Waals surface area contributed by atoms with E-state index in [1.807, 2.05) is 0 Å². The summed E-state index contributed by atoms with van der Waals surface area (Å²) in [6, 6.07) is 0.352. The van der Waals surface area contributed by atoms with Crippen molar-refractivity contribution in [2.75, 3.05) is 18.9 Å². The lowest BCUT2D eigenvalue weighted by Gasteiger charge is -2.25. The molecule has 5 nitrogen and oxygen atoms in total. The van der Waals surface area contributed by atoms with Crippen LogP contribution in [-0.4, -0.2) is 28.2 Å². The number of anilines is 1. The third-order valence-electron chi connectivity index (χ3n) is 1.52. The van der Waals surface area contributed by atoms with E-state index in [1.165, 1.54) is 0 Å². The van der Waals surface area contributed by atoms with Crippen LogP contribution in [0.15, 0.2) is 6.20 Å². The SMILES string of the molecule is C.C.Nc1cn(C2COC2)nn1. The molecular weight excluding hydrogens is 156 g/mol. The number of hydrogen-bond donors (Lipinski definition) is 1. The highest BCUT2D eigenvalue weighted by Crippen LogP contribution is 2.15. The molecule has 0 atom stereocenters. The van der Waals surface area contributed by atoms with E-state index in [0.29, 0.717) is 11.9 Å². The Morgan fingerprint density at radius 2 is 2.17 bits per heavy atom. The molecule has 1 aliphatic heterocycles. The monoisotopic (exact) mass is 172 g/mol. The maximum absolute atomic E-state index is 5.36. The summed E-state index contributed by atoms with van der Waals surface area (Å²) in [6.45, 7) is 1.45. The fourth-order valence-electron chi connectivity index (χ4n) is 0.845. The molecular formula is C7H16N4O. The van der Waals surface area contributed by atoms with Crippen molar-refractivity contribution in [3.05, 3.63) is 6.20 Å². The minimum Gasteiger partial charge on any atom is -0.381 e. The lowest BCUT2D eigenvalue weighted by Crippen LogP contribution is -2.30. The number of nitrogens with zero attached hydrogens (tertiary/aromatic N) is 3. The summed E-state index contributed by atoms with van der Waals surface area (Å²) in [7, 11) is 0. The Morgan fingerprint density at radius 3 is 2.50 bits per heavy atom. The Labute approximate surface area is 72.5 Å². The number of nitrogen functional groups attached to an aromatic ring is 1. The van der Waals surface area contributed by atoms with Gasteiger partial charge in [0.05, 0.1) is 19.4 Å². The Balaban J connectivity index is 0.000000605. The van der Waals surface area contributed by atoms with E-state index in [2.05, 4.69) is 10.3 Å². The molecule has 0 radical (unpaired) electrons. The molecule has 2 rings (SSSR count). The molecule has 1 fully saturated rings. The smallest absolute Gasteiger partial charge is 0.165 e. The topological polar surface area (TPSA) is 66.0 Å². The van der Waals surface area contributed by atoms with Crippen LogP contribution in [0.25, 0.3) is 0 Å². The molecule has 0 spiro atoms. The molecule has 12 heavy (non-hydrogen) atoms.